The van der Waals surface area contributed by atoms with Crippen molar-refractivity contribution >= 4 is 28.9 Å². The number of H-pyrrole nitrogens is 1. The van der Waals surface area contributed by atoms with Crippen LogP contribution in [0, 0.1) is 0 Å². The van der Waals surface area contributed by atoms with Gasteiger partial charge in [0.25, 0.3) is 6.43 Å². The molecule has 39 heavy (non-hydrogen) atoms. The maximum atomic E-state index is 13.1. The van der Waals surface area contributed by atoms with Crippen molar-refractivity contribution in [1.82, 2.24) is 29.7 Å². The number of alkyl halides is 2. The SMILES string of the molecule is CC(C)(C)OC(=O)N1CCN(Cc2ccnc(Nc3nc4ccc(-c5ccnc(C(F)F)c5)cc4[nH]3)c2)CC1. The van der Waals surface area contributed by atoms with E-state index < -0.39 is 12.0 Å². The fourth-order valence-electron chi connectivity index (χ4n) is 4.43. The van der Waals surface area contributed by atoms with Gasteiger partial charge in [-0.3, -0.25) is 9.88 Å². The van der Waals surface area contributed by atoms with Gasteiger partial charge in [-0.05, 0) is 73.9 Å². The Kier molecular flexibility index (Phi) is 7.42. The molecule has 0 saturated carbocycles. The van der Waals surface area contributed by atoms with Crippen LogP contribution in [0.4, 0.5) is 25.3 Å². The van der Waals surface area contributed by atoms with E-state index in [1.807, 2.05) is 51.1 Å². The maximum absolute atomic E-state index is 13.1. The predicted octanol–water partition coefficient (Wildman–Crippen LogP) is 5.75. The number of aromatic amines is 1. The Hall–Kier alpha value is -4.12. The average molecular weight is 536 g/mol. The molecule has 0 unspecified atom stereocenters. The first-order valence-corrected chi connectivity index (χ1v) is 12.8. The van der Waals surface area contributed by atoms with E-state index in [1.165, 1.54) is 12.3 Å². The summed E-state index contributed by atoms with van der Waals surface area (Å²) in [4.78, 5) is 32.3. The standard InChI is InChI=1S/C28H31F2N7O2/c1-28(2,3)39-27(38)37-12-10-36(11-13-37)17-18-6-8-32-24(14-18)35-26-33-21-5-4-19(15-22(21)34-26)20-7-9-31-23(16-20)25(29)30/h4-9,14-16,25H,10-13,17H2,1-3H3,(H2,32,33,34,35). The number of fused-ring (bicyclic) bond motifs is 1. The van der Waals surface area contributed by atoms with Crippen LogP contribution in [-0.2, 0) is 11.3 Å². The summed E-state index contributed by atoms with van der Waals surface area (Å²) in [5.74, 6) is 1.18. The molecule has 4 aromatic rings. The summed E-state index contributed by atoms with van der Waals surface area (Å²) in [5, 5.41) is 3.22. The van der Waals surface area contributed by atoms with Gasteiger partial charge in [0.1, 0.15) is 17.1 Å². The molecular formula is C28H31F2N7O2. The van der Waals surface area contributed by atoms with Gasteiger partial charge in [-0.15, -0.1) is 0 Å². The molecule has 2 N–H and O–H groups in total. The quantitative estimate of drug-likeness (QED) is 0.324. The zero-order chi connectivity index (χ0) is 27.6. The highest BCUT2D eigenvalue weighted by atomic mass is 19.3. The van der Waals surface area contributed by atoms with E-state index >= 15 is 0 Å². The number of hydrogen-bond donors (Lipinski definition) is 2. The van der Waals surface area contributed by atoms with Crippen molar-refractivity contribution in [2.24, 2.45) is 0 Å². The fourth-order valence-corrected chi connectivity index (χ4v) is 4.43. The van der Waals surface area contributed by atoms with Crippen molar-refractivity contribution < 1.29 is 18.3 Å². The van der Waals surface area contributed by atoms with Gasteiger partial charge >= 0.3 is 6.09 Å². The van der Waals surface area contributed by atoms with E-state index in [9.17, 15) is 13.6 Å². The number of halogens is 2. The van der Waals surface area contributed by atoms with Crippen molar-refractivity contribution in [1.29, 1.82) is 0 Å². The summed E-state index contributed by atoms with van der Waals surface area (Å²) in [5.41, 5.74) is 3.28. The van der Waals surface area contributed by atoms with E-state index in [0.717, 1.165) is 41.8 Å². The molecule has 9 nitrogen and oxygen atoms in total. The molecule has 0 bridgehead atoms. The van der Waals surface area contributed by atoms with Crippen LogP contribution in [0.3, 0.4) is 0 Å². The normalized spacial score (nSPS) is 14.7. The van der Waals surface area contributed by atoms with Gasteiger partial charge < -0.3 is 19.9 Å². The van der Waals surface area contributed by atoms with E-state index in [0.29, 0.717) is 30.4 Å². The van der Waals surface area contributed by atoms with Gasteiger partial charge in [0.2, 0.25) is 5.95 Å². The fraction of sp³-hybridized carbons (Fsp3) is 0.357. The summed E-state index contributed by atoms with van der Waals surface area (Å²) < 4.78 is 31.6. The van der Waals surface area contributed by atoms with E-state index in [1.54, 1.807) is 17.2 Å². The third-order valence-corrected chi connectivity index (χ3v) is 6.32. The number of imidazole rings is 1. The van der Waals surface area contributed by atoms with Crippen LogP contribution in [0.5, 0.6) is 0 Å². The minimum atomic E-state index is -2.62. The van der Waals surface area contributed by atoms with Crippen LogP contribution in [-0.4, -0.2) is 67.6 Å². The smallest absolute Gasteiger partial charge is 0.410 e. The number of benzene rings is 1. The second-order valence-electron chi connectivity index (χ2n) is 10.5. The molecule has 3 aromatic heterocycles. The topological polar surface area (TPSA) is 99.3 Å². The number of pyridine rings is 2. The first-order valence-electron chi connectivity index (χ1n) is 12.8. The lowest BCUT2D eigenvalue weighted by molar-refractivity contribution is 0.0139. The van der Waals surface area contributed by atoms with Crippen molar-refractivity contribution in [2.75, 3.05) is 31.5 Å². The van der Waals surface area contributed by atoms with Crippen molar-refractivity contribution in [3.63, 3.8) is 0 Å². The van der Waals surface area contributed by atoms with Gasteiger partial charge in [-0.25, -0.2) is 23.5 Å². The Bertz CT molecular complexity index is 1460. The van der Waals surface area contributed by atoms with Crippen molar-refractivity contribution in [3.05, 3.63) is 66.1 Å². The van der Waals surface area contributed by atoms with E-state index in [-0.39, 0.29) is 11.8 Å². The lowest BCUT2D eigenvalue weighted by Crippen LogP contribution is -2.49. The van der Waals surface area contributed by atoms with Gasteiger partial charge in [0, 0.05) is 45.1 Å². The summed E-state index contributed by atoms with van der Waals surface area (Å²) in [6.07, 6.45) is 0.246. The third kappa shape index (κ3) is 6.66. The minimum Gasteiger partial charge on any atom is -0.444 e. The highest BCUT2D eigenvalue weighted by molar-refractivity contribution is 5.84. The maximum Gasteiger partial charge on any atom is 0.410 e. The van der Waals surface area contributed by atoms with Crippen LogP contribution < -0.4 is 5.32 Å². The van der Waals surface area contributed by atoms with Crippen LogP contribution in [0.25, 0.3) is 22.2 Å². The molecule has 204 valence electrons. The lowest BCUT2D eigenvalue weighted by Gasteiger charge is -2.35. The number of carbonyl (C=O) groups is 1. The molecule has 5 rings (SSSR count). The number of anilines is 2. The second-order valence-corrected chi connectivity index (χ2v) is 10.5. The number of nitrogens with one attached hydrogen (secondary N) is 2. The van der Waals surface area contributed by atoms with Crippen LogP contribution >= 0.6 is 0 Å². The average Bonchev–Trinajstić information content (AvgIpc) is 3.30. The Labute approximate surface area is 225 Å². The van der Waals surface area contributed by atoms with Gasteiger partial charge in [0.05, 0.1) is 11.0 Å². The molecule has 0 radical (unpaired) electrons. The Balaban J connectivity index is 1.22. The van der Waals surface area contributed by atoms with Gasteiger partial charge in [0.15, 0.2) is 0 Å². The summed E-state index contributed by atoms with van der Waals surface area (Å²) in [6.45, 7) is 9.09. The zero-order valence-corrected chi connectivity index (χ0v) is 22.1. The number of carbonyl (C=O) groups excluding carboxylic acids is 1. The number of ether oxygens (including phenoxy) is 1. The van der Waals surface area contributed by atoms with E-state index in [2.05, 4.69) is 30.2 Å². The number of aromatic nitrogens is 4. The largest absolute Gasteiger partial charge is 0.444 e. The Morgan fingerprint density at radius 1 is 1.03 bits per heavy atom. The number of nitrogens with zero attached hydrogens (tertiary/aromatic N) is 5. The predicted molar refractivity (Wildman–Crippen MR) is 145 cm³/mol. The molecule has 1 saturated heterocycles. The lowest BCUT2D eigenvalue weighted by atomic mass is 10.1. The molecule has 1 amide bonds. The van der Waals surface area contributed by atoms with Crippen LogP contribution in [0.2, 0.25) is 0 Å². The molecule has 1 aliphatic heterocycles. The van der Waals surface area contributed by atoms with E-state index in [4.69, 9.17) is 4.74 Å². The number of rotatable bonds is 6. The van der Waals surface area contributed by atoms with Gasteiger partial charge in [-0.2, -0.15) is 0 Å². The number of hydrogen-bond acceptors (Lipinski definition) is 7. The molecule has 1 fully saturated rings. The van der Waals surface area contributed by atoms with Crippen molar-refractivity contribution in [3.8, 4) is 11.1 Å². The van der Waals surface area contributed by atoms with Crippen LogP contribution in [0.1, 0.15) is 38.5 Å². The first kappa shape index (κ1) is 26.5. The summed E-state index contributed by atoms with van der Waals surface area (Å²) in [7, 11) is 0. The molecule has 0 atom stereocenters. The Morgan fingerprint density at radius 3 is 2.51 bits per heavy atom. The third-order valence-electron chi connectivity index (χ3n) is 6.32. The molecule has 4 heterocycles. The molecule has 11 heteroatoms. The number of piperazine rings is 1. The van der Waals surface area contributed by atoms with Crippen LogP contribution in [0.15, 0.2) is 54.9 Å². The summed E-state index contributed by atoms with van der Waals surface area (Å²) >= 11 is 0. The highest BCUT2D eigenvalue weighted by Gasteiger charge is 2.25. The highest BCUT2D eigenvalue weighted by Crippen LogP contribution is 2.27. The van der Waals surface area contributed by atoms with Gasteiger partial charge in [-0.1, -0.05) is 6.07 Å². The molecular weight excluding hydrogens is 504 g/mol. The Morgan fingerprint density at radius 2 is 1.77 bits per heavy atom. The monoisotopic (exact) mass is 535 g/mol. The first-order chi connectivity index (χ1) is 18.6. The second kappa shape index (κ2) is 10.9. The zero-order valence-electron chi connectivity index (χ0n) is 22.1. The molecule has 0 spiro atoms. The number of amides is 1. The molecule has 0 aliphatic carbocycles. The molecule has 1 aliphatic rings. The minimum absolute atomic E-state index is 0.254. The molecule has 1 aromatic carbocycles. The van der Waals surface area contributed by atoms with Crippen molar-refractivity contribution in [2.45, 2.75) is 39.3 Å². The summed E-state index contributed by atoms with van der Waals surface area (Å²) in [6, 6.07) is 12.6.